The van der Waals surface area contributed by atoms with Crippen molar-refractivity contribution in [3.63, 3.8) is 0 Å². The van der Waals surface area contributed by atoms with Gasteiger partial charge >= 0.3 is 0 Å². The van der Waals surface area contributed by atoms with E-state index in [4.69, 9.17) is 4.74 Å². The molecule has 0 N–H and O–H groups in total. The first-order valence-electron chi connectivity index (χ1n) is 6.85. The quantitative estimate of drug-likeness (QED) is 0.840. The summed E-state index contributed by atoms with van der Waals surface area (Å²) in [6.45, 7) is 2.88. The summed E-state index contributed by atoms with van der Waals surface area (Å²) in [5, 5.41) is 0.916. The Bertz CT molecular complexity index is 610. The van der Waals surface area contributed by atoms with Crippen LogP contribution in [0.25, 0.3) is 10.9 Å². The van der Waals surface area contributed by atoms with E-state index in [0.717, 1.165) is 36.0 Å². The van der Waals surface area contributed by atoms with Crippen molar-refractivity contribution in [1.29, 1.82) is 0 Å². The Morgan fingerprint density at radius 3 is 2.90 bits per heavy atom. The molecule has 1 amide bonds. The normalized spacial score (nSPS) is 10.6. The molecule has 1 aromatic heterocycles. The number of aromatic nitrogens is 1. The number of carbonyl (C=O) groups excluding carboxylic acids is 1. The van der Waals surface area contributed by atoms with Gasteiger partial charge in [0.15, 0.2) is 0 Å². The number of rotatable bonds is 5. The minimum atomic E-state index is 0.00988. The fourth-order valence-electron chi connectivity index (χ4n) is 2.13. The highest BCUT2D eigenvalue weighted by Gasteiger charge is 2.13. The molecule has 0 fully saturated rings. The number of hydrogen-bond acceptors (Lipinski definition) is 3. The molecule has 0 unspecified atom stereocenters. The minimum absolute atomic E-state index is 0.00988. The van der Waals surface area contributed by atoms with Gasteiger partial charge in [0.1, 0.15) is 11.3 Å². The van der Waals surface area contributed by atoms with Crippen LogP contribution >= 0.6 is 0 Å². The van der Waals surface area contributed by atoms with Crippen molar-refractivity contribution in [1.82, 2.24) is 9.88 Å². The number of pyridine rings is 1. The SMILES string of the molecule is CCCCN(C)C(=O)c1cnc2c(OC)cccc2c1. The minimum Gasteiger partial charge on any atom is -0.494 e. The van der Waals surface area contributed by atoms with Crippen LogP contribution in [0, 0.1) is 0 Å². The summed E-state index contributed by atoms with van der Waals surface area (Å²) in [4.78, 5) is 18.4. The molecule has 4 nitrogen and oxygen atoms in total. The number of hydrogen-bond donors (Lipinski definition) is 0. The summed E-state index contributed by atoms with van der Waals surface area (Å²) in [6.07, 6.45) is 3.71. The number of carbonyl (C=O) groups is 1. The van der Waals surface area contributed by atoms with Crippen molar-refractivity contribution in [3.8, 4) is 5.75 Å². The highest BCUT2D eigenvalue weighted by molar-refractivity contribution is 5.98. The van der Waals surface area contributed by atoms with E-state index < -0.39 is 0 Å². The lowest BCUT2D eigenvalue weighted by Gasteiger charge is -2.16. The van der Waals surface area contributed by atoms with E-state index in [1.165, 1.54) is 0 Å². The summed E-state index contributed by atoms with van der Waals surface area (Å²) in [5.74, 6) is 0.733. The maximum absolute atomic E-state index is 12.3. The Hall–Kier alpha value is -2.10. The molecule has 0 aliphatic heterocycles. The maximum Gasteiger partial charge on any atom is 0.255 e. The van der Waals surface area contributed by atoms with Gasteiger partial charge in [0, 0.05) is 25.2 Å². The van der Waals surface area contributed by atoms with Gasteiger partial charge < -0.3 is 9.64 Å². The molecule has 0 atom stereocenters. The van der Waals surface area contributed by atoms with Crippen LogP contribution in [0.4, 0.5) is 0 Å². The van der Waals surface area contributed by atoms with E-state index in [2.05, 4.69) is 11.9 Å². The smallest absolute Gasteiger partial charge is 0.255 e. The Morgan fingerprint density at radius 2 is 2.20 bits per heavy atom. The zero-order valence-corrected chi connectivity index (χ0v) is 12.2. The van der Waals surface area contributed by atoms with Gasteiger partial charge in [-0.2, -0.15) is 0 Å². The van der Waals surface area contributed by atoms with Crippen LogP contribution in [0.15, 0.2) is 30.5 Å². The Morgan fingerprint density at radius 1 is 1.40 bits per heavy atom. The van der Waals surface area contributed by atoms with Crippen molar-refractivity contribution in [2.75, 3.05) is 20.7 Å². The standard InChI is InChI=1S/C16H20N2O2/c1-4-5-9-18(2)16(19)13-10-12-7-6-8-14(20-3)15(12)17-11-13/h6-8,10-11H,4-5,9H2,1-3H3. The van der Waals surface area contributed by atoms with Gasteiger partial charge in [-0.3, -0.25) is 9.78 Å². The van der Waals surface area contributed by atoms with Crippen molar-refractivity contribution in [2.45, 2.75) is 19.8 Å². The molecule has 0 saturated heterocycles. The largest absolute Gasteiger partial charge is 0.494 e. The van der Waals surface area contributed by atoms with Gasteiger partial charge in [-0.1, -0.05) is 25.5 Å². The highest BCUT2D eigenvalue weighted by atomic mass is 16.5. The summed E-state index contributed by atoms with van der Waals surface area (Å²) < 4.78 is 5.27. The van der Waals surface area contributed by atoms with Crippen molar-refractivity contribution >= 4 is 16.8 Å². The molecule has 106 valence electrons. The van der Waals surface area contributed by atoms with E-state index in [0.29, 0.717) is 5.56 Å². The fourth-order valence-corrected chi connectivity index (χ4v) is 2.13. The van der Waals surface area contributed by atoms with Gasteiger partial charge in [-0.25, -0.2) is 0 Å². The number of methoxy groups -OCH3 is 1. The zero-order valence-electron chi connectivity index (χ0n) is 12.2. The van der Waals surface area contributed by atoms with Crippen LogP contribution in [-0.4, -0.2) is 36.5 Å². The molecule has 4 heteroatoms. The van der Waals surface area contributed by atoms with E-state index >= 15 is 0 Å². The summed E-state index contributed by atoms with van der Waals surface area (Å²) in [5.41, 5.74) is 1.40. The molecule has 2 aromatic rings. The average Bonchev–Trinajstić information content (AvgIpc) is 2.50. The van der Waals surface area contributed by atoms with Crippen LogP contribution in [0.5, 0.6) is 5.75 Å². The third kappa shape index (κ3) is 2.90. The number of ether oxygens (including phenoxy) is 1. The lowest BCUT2D eigenvalue weighted by molar-refractivity contribution is 0.0793. The summed E-state index contributed by atoms with van der Waals surface area (Å²) >= 11 is 0. The molecule has 0 aliphatic carbocycles. The van der Waals surface area contributed by atoms with Crippen LogP contribution in [-0.2, 0) is 0 Å². The van der Waals surface area contributed by atoms with Gasteiger partial charge in [0.25, 0.3) is 5.91 Å². The topological polar surface area (TPSA) is 42.4 Å². The summed E-state index contributed by atoms with van der Waals surface area (Å²) in [7, 11) is 3.45. The first-order chi connectivity index (χ1) is 9.67. The number of unbranched alkanes of at least 4 members (excludes halogenated alkanes) is 1. The number of amides is 1. The molecular weight excluding hydrogens is 252 g/mol. The second kappa shape index (κ2) is 6.37. The summed E-state index contributed by atoms with van der Waals surface area (Å²) in [6, 6.07) is 7.57. The van der Waals surface area contributed by atoms with Gasteiger partial charge in [-0.15, -0.1) is 0 Å². The highest BCUT2D eigenvalue weighted by Crippen LogP contribution is 2.24. The molecule has 20 heavy (non-hydrogen) atoms. The fraction of sp³-hybridized carbons (Fsp3) is 0.375. The molecule has 2 rings (SSSR count). The third-order valence-corrected chi connectivity index (χ3v) is 3.33. The molecule has 0 radical (unpaired) electrons. The van der Waals surface area contributed by atoms with Gasteiger partial charge in [0.05, 0.1) is 12.7 Å². The van der Waals surface area contributed by atoms with Crippen LogP contribution in [0.2, 0.25) is 0 Å². The number of para-hydroxylation sites is 1. The second-order valence-electron chi connectivity index (χ2n) is 4.84. The predicted molar refractivity (Wildman–Crippen MR) is 80.2 cm³/mol. The van der Waals surface area contributed by atoms with Crippen LogP contribution in [0.3, 0.4) is 0 Å². The number of fused-ring (bicyclic) bond motifs is 1. The molecule has 0 bridgehead atoms. The van der Waals surface area contributed by atoms with Gasteiger partial charge in [0.2, 0.25) is 0 Å². The molecule has 0 saturated carbocycles. The van der Waals surface area contributed by atoms with Crippen LogP contribution < -0.4 is 4.74 Å². The van der Waals surface area contributed by atoms with Crippen LogP contribution in [0.1, 0.15) is 30.1 Å². The Kier molecular flexibility index (Phi) is 4.56. The maximum atomic E-state index is 12.3. The number of nitrogens with zero attached hydrogens (tertiary/aromatic N) is 2. The molecule has 1 heterocycles. The molecule has 0 aliphatic rings. The lowest BCUT2D eigenvalue weighted by atomic mass is 10.1. The number of benzene rings is 1. The monoisotopic (exact) mass is 272 g/mol. The van der Waals surface area contributed by atoms with Crippen molar-refractivity contribution in [3.05, 3.63) is 36.0 Å². The molecular formula is C16H20N2O2. The Labute approximate surface area is 119 Å². The first kappa shape index (κ1) is 14.3. The van der Waals surface area contributed by atoms with Crippen molar-refractivity contribution in [2.24, 2.45) is 0 Å². The van der Waals surface area contributed by atoms with Gasteiger partial charge in [-0.05, 0) is 18.6 Å². The van der Waals surface area contributed by atoms with E-state index in [1.807, 2.05) is 31.3 Å². The first-order valence-corrected chi connectivity index (χ1v) is 6.85. The van der Waals surface area contributed by atoms with Crippen molar-refractivity contribution < 1.29 is 9.53 Å². The average molecular weight is 272 g/mol. The van der Waals surface area contributed by atoms with E-state index in [-0.39, 0.29) is 5.91 Å². The van der Waals surface area contributed by atoms with E-state index in [1.54, 1.807) is 18.2 Å². The van der Waals surface area contributed by atoms with E-state index in [9.17, 15) is 4.79 Å². The second-order valence-corrected chi connectivity index (χ2v) is 4.84. The third-order valence-electron chi connectivity index (χ3n) is 3.33. The zero-order chi connectivity index (χ0) is 14.5. The Balaban J connectivity index is 2.30. The lowest BCUT2D eigenvalue weighted by Crippen LogP contribution is -2.27. The predicted octanol–water partition coefficient (Wildman–Crippen LogP) is 3.12. The molecule has 0 spiro atoms. The molecule has 1 aromatic carbocycles.